The third kappa shape index (κ3) is 3.44. The highest BCUT2D eigenvalue weighted by atomic mass is 32.2. The molecule has 0 radical (unpaired) electrons. The van der Waals surface area contributed by atoms with E-state index in [1.54, 1.807) is 11.8 Å². The summed E-state index contributed by atoms with van der Waals surface area (Å²) in [4.78, 5) is 28.3. The molecule has 1 aliphatic heterocycles. The Kier molecular flexibility index (Phi) is 4.36. The van der Waals surface area contributed by atoms with Gasteiger partial charge in [-0.2, -0.15) is 11.8 Å². The molecule has 0 saturated carbocycles. The predicted octanol–water partition coefficient (Wildman–Crippen LogP) is 1.25. The van der Waals surface area contributed by atoms with Crippen LogP contribution >= 0.6 is 11.8 Å². The maximum atomic E-state index is 12.8. The molecule has 1 aromatic heterocycles. The van der Waals surface area contributed by atoms with E-state index in [1.807, 2.05) is 0 Å². The van der Waals surface area contributed by atoms with Crippen molar-refractivity contribution in [3.05, 3.63) is 29.8 Å². The highest BCUT2D eigenvalue weighted by Crippen LogP contribution is 2.20. The Hall–Kier alpha value is -1.63. The van der Waals surface area contributed by atoms with Crippen LogP contribution in [-0.2, 0) is 4.79 Å². The van der Waals surface area contributed by atoms with Gasteiger partial charge in [0.05, 0.1) is 18.7 Å². The van der Waals surface area contributed by atoms with Crippen LogP contribution in [0.4, 0.5) is 4.39 Å². The predicted molar refractivity (Wildman–Crippen MR) is 68.6 cm³/mol. The fourth-order valence-corrected chi connectivity index (χ4v) is 3.00. The fourth-order valence-electron chi connectivity index (χ4n) is 1.94. The molecule has 1 aromatic rings. The summed E-state index contributed by atoms with van der Waals surface area (Å²) in [7, 11) is 0. The molecule has 1 aliphatic rings. The van der Waals surface area contributed by atoms with Gasteiger partial charge in [-0.1, -0.05) is 0 Å². The lowest BCUT2D eigenvalue weighted by Gasteiger charge is -2.34. The number of carbonyl (C=O) groups excluding carboxylic acids is 1. The van der Waals surface area contributed by atoms with Gasteiger partial charge in [0.1, 0.15) is 11.5 Å². The number of nitrogens with zero attached hydrogens (tertiary/aromatic N) is 2. The van der Waals surface area contributed by atoms with Gasteiger partial charge in [-0.25, -0.2) is 9.37 Å². The lowest BCUT2D eigenvalue weighted by molar-refractivity contribution is -0.138. The second kappa shape index (κ2) is 6.01. The van der Waals surface area contributed by atoms with E-state index in [2.05, 4.69) is 4.98 Å². The van der Waals surface area contributed by atoms with Crippen LogP contribution in [0.5, 0.6) is 0 Å². The number of hydrogen-bond donors (Lipinski definition) is 1. The van der Waals surface area contributed by atoms with Crippen LogP contribution < -0.4 is 0 Å². The average molecular weight is 284 g/mol. The first-order chi connectivity index (χ1) is 9.08. The second-order valence-electron chi connectivity index (χ2n) is 4.19. The topological polar surface area (TPSA) is 70.5 Å². The normalized spacial score (nSPS) is 19.2. The molecule has 1 unspecified atom stereocenters. The Balaban J connectivity index is 2.15. The monoisotopic (exact) mass is 284 g/mol. The van der Waals surface area contributed by atoms with Gasteiger partial charge in [0.25, 0.3) is 5.91 Å². The quantitative estimate of drug-likeness (QED) is 0.904. The van der Waals surface area contributed by atoms with Gasteiger partial charge in [0.15, 0.2) is 0 Å². The average Bonchev–Trinajstić information content (AvgIpc) is 2.39. The first-order valence-corrected chi connectivity index (χ1v) is 6.95. The SMILES string of the molecule is O=C(O)CC1CSCCN1C(=O)c1ccc(F)cn1. The number of thioether (sulfide) groups is 1. The van der Waals surface area contributed by atoms with Crippen molar-refractivity contribution >= 4 is 23.6 Å². The molecule has 0 aromatic carbocycles. The van der Waals surface area contributed by atoms with Crippen molar-refractivity contribution in [1.82, 2.24) is 9.88 Å². The van der Waals surface area contributed by atoms with Crippen molar-refractivity contribution < 1.29 is 19.1 Å². The lowest BCUT2D eigenvalue weighted by atomic mass is 10.1. The minimum atomic E-state index is -0.933. The molecule has 1 atom stereocenters. The molecule has 7 heteroatoms. The number of pyridine rings is 1. The van der Waals surface area contributed by atoms with E-state index in [-0.39, 0.29) is 24.1 Å². The molecule has 1 N–H and O–H groups in total. The highest BCUT2D eigenvalue weighted by molar-refractivity contribution is 7.99. The summed E-state index contributed by atoms with van der Waals surface area (Å²) in [6.45, 7) is 0.487. The fraction of sp³-hybridized carbons (Fsp3) is 0.417. The first kappa shape index (κ1) is 13.8. The van der Waals surface area contributed by atoms with Crippen molar-refractivity contribution in [3.63, 3.8) is 0 Å². The Bertz CT molecular complexity index is 480. The highest BCUT2D eigenvalue weighted by Gasteiger charge is 2.30. The summed E-state index contributed by atoms with van der Waals surface area (Å²) >= 11 is 1.63. The van der Waals surface area contributed by atoms with Crippen LogP contribution in [0.2, 0.25) is 0 Å². The van der Waals surface area contributed by atoms with Gasteiger partial charge in [-0.3, -0.25) is 9.59 Å². The molecule has 5 nitrogen and oxygen atoms in total. The molecule has 102 valence electrons. The summed E-state index contributed by atoms with van der Waals surface area (Å²) in [5, 5.41) is 8.86. The van der Waals surface area contributed by atoms with Crippen LogP contribution in [0.3, 0.4) is 0 Å². The van der Waals surface area contributed by atoms with Crippen molar-refractivity contribution in [2.24, 2.45) is 0 Å². The van der Waals surface area contributed by atoms with Crippen molar-refractivity contribution in [2.45, 2.75) is 12.5 Å². The molecular formula is C12H13FN2O3S. The van der Waals surface area contributed by atoms with Crippen molar-refractivity contribution in [1.29, 1.82) is 0 Å². The molecule has 0 spiro atoms. The zero-order valence-corrected chi connectivity index (χ0v) is 10.9. The van der Waals surface area contributed by atoms with E-state index in [1.165, 1.54) is 17.0 Å². The van der Waals surface area contributed by atoms with Crippen LogP contribution in [-0.4, -0.2) is 51.0 Å². The molecule has 1 fully saturated rings. The molecule has 2 rings (SSSR count). The second-order valence-corrected chi connectivity index (χ2v) is 5.34. The van der Waals surface area contributed by atoms with Gasteiger partial charge in [0, 0.05) is 18.1 Å². The summed E-state index contributed by atoms with van der Waals surface area (Å²) in [6, 6.07) is 2.15. The van der Waals surface area contributed by atoms with E-state index in [4.69, 9.17) is 5.11 Å². The number of aromatic nitrogens is 1. The van der Waals surface area contributed by atoms with E-state index in [0.717, 1.165) is 11.9 Å². The number of rotatable bonds is 3. The Labute approximate surface area is 113 Å². The molecular weight excluding hydrogens is 271 g/mol. The maximum Gasteiger partial charge on any atom is 0.305 e. The number of hydrogen-bond acceptors (Lipinski definition) is 4. The summed E-state index contributed by atoms with van der Waals surface area (Å²) in [5.41, 5.74) is 0.142. The number of amides is 1. The van der Waals surface area contributed by atoms with Gasteiger partial charge < -0.3 is 10.0 Å². The largest absolute Gasteiger partial charge is 0.481 e. The summed E-state index contributed by atoms with van der Waals surface area (Å²) in [5.74, 6) is -0.417. The van der Waals surface area contributed by atoms with E-state index < -0.39 is 11.8 Å². The number of halogens is 1. The number of carboxylic acids is 1. The lowest BCUT2D eigenvalue weighted by Crippen LogP contribution is -2.47. The van der Waals surface area contributed by atoms with Crippen LogP contribution in [0, 0.1) is 5.82 Å². The zero-order valence-electron chi connectivity index (χ0n) is 10.1. The molecule has 1 amide bonds. The van der Waals surface area contributed by atoms with Gasteiger partial charge >= 0.3 is 5.97 Å². The van der Waals surface area contributed by atoms with Gasteiger partial charge in [0.2, 0.25) is 0 Å². The molecule has 0 aliphatic carbocycles. The van der Waals surface area contributed by atoms with Gasteiger partial charge in [-0.15, -0.1) is 0 Å². The van der Waals surface area contributed by atoms with Crippen molar-refractivity contribution in [2.75, 3.05) is 18.1 Å². The molecule has 2 heterocycles. The Morgan fingerprint density at radius 3 is 2.95 bits per heavy atom. The smallest absolute Gasteiger partial charge is 0.305 e. The minimum Gasteiger partial charge on any atom is -0.481 e. The molecule has 1 saturated heterocycles. The third-order valence-corrected chi connectivity index (χ3v) is 3.94. The Morgan fingerprint density at radius 2 is 2.32 bits per heavy atom. The number of aliphatic carboxylic acids is 1. The standard InChI is InChI=1S/C12H13FN2O3S/c13-8-1-2-10(14-6-8)12(18)15-3-4-19-7-9(15)5-11(16)17/h1-2,6,9H,3-5,7H2,(H,16,17). The van der Waals surface area contributed by atoms with E-state index in [9.17, 15) is 14.0 Å². The van der Waals surface area contributed by atoms with E-state index in [0.29, 0.717) is 12.3 Å². The van der Waals surface area contributed by atoms with Crippen molar-refractivity contribution in [3.8, 4) is 0 Å². The number of carbonyl (C=O) groups is 2. The minimum absolute atomic E-state index is 0.0834. The van der Waals surface area contributed by atoms with E-state index >= 15 is 0 Å². The molecule has 19 heavy (non-hydrogen) atoms. The zero-order chi connectivity index (χ0) is 13.8. The third-order valence-electron chi connectivity index (χ3n) is 2.85. The first-order valence-electron chi connectivity index (χ1n) is 5.80. The number of carboxylic acid groups (broad SMARTS) is 1. The summed E-state index contributed by atoms with van der Waals surface area (Å²) in [6.07, 6.45) is 0.901. The van der Waals surface area contributed by atoms with Crippen LogP contribution in [0.1, 0.15) is 16.9 Å². The van der Waals surface area contributed by atoms with Crippen LogP contribution in [0.25, 0.3) is 0 Å². The molecule has 0 bridgehead atoms. The maximum absolute atomic E-state index is 12.8. The Morgan fingerprint density at radius 1 is 1.53 bits per heavy atom. The summed E-state index contributed by atoms with van der Waals surface area (Å²) < 4.78 is 12.8. The van der Waals surface area contributed by atoms with Gasteiger partial charge in [-0.05, 0) is 12.1 Å². The van der Waals surface area contributed by atoms with Crippen LogP contribution in [0.15, 0.2) is 18.3 Å².